The van der Waals surface area contributed by atoms with E-state index in [4.69, 9.17) is 5.73 Å². The Hall–Kier alpha value is -2.57. The second-order valence-electron chi connectivity index (χ2n) is 5.86. The van der Waals surface area contributed by atoms with Gasteiger partial charge in [-0.15, -0.1) is 0 Å². The number of hydrogen-bond acceptors (Lipinski definition) is 3. The summed E-state index contributed by atoms with van der Waals surface area (Å²) in [7, 11) is 0. The number of nitrogens with one attached hydrogen (secondary N) is 2. The van der Waals surface area contributed by atoms with Crippen LogP contribution in [0.2, 0.25) is 0 Å². The van der Waals surface area contributed by atoms with Crippen molar-refractivity contribution in [2.24, 2.45) is 5.73 Å². The summed E-state index contributed by atoms with van der Waals surface area (Å²) >= 11 is 0. The smallest absolute Gasteiger partial charge is 0.316 e. The Labute approximate surface area is 135 Å². The molecule has 0 saturated carbocycles. The molecule has 0 radical (unpaired) electrons. The molecule has 7 heteroatoms. The Morgan fingerprint density at radius 3 is 1.96 bits per heavy atom. The van der Waals surface area contributed by atoms with Crippen LogP contribution in [0.15, 0.2) is 24.3 Å². The van der Waals surface area contributed by atoms with E-state index >= 15 is 0 Å². The second kappa shape index (κ2) is 7.13. The molecule has 0 aromatic heterocycles. The number of rotatable bonds is 2. The van der Waals surface area contributed by atoms with Crippen molar-refractivity contribution in [3.05, 3.63) is 24.3 Å². The van der Waals surface area contributed by atoms with E-state index in [1.54, 1.807) is 29.2 Å². The van der Waals surface area contributed by atoms with E-state index in [0.717, 1.165) is 19.3 Å². The largest absolute Gasteiger partial charge is 0.351 e. The average Bonchev–Trinajstić information content (AvgIpc) is 2.48. The lowest BCUT2D eigenvalue weighted by molar-refractivity contribution is -0.147. The minimum Gasteiger partial charge on any atom is -0.351 e. The van der Waals surface area contributed by atoms with E-state index in [-0.39, 0.29) is 12.1 Å². The maximum Gasteiger partial charge on any atom is 0.316 e. The van der Waals surface area contributed by atoms with Crippen LogP contribution in [0.4, 0.5) is 16.2 Å². The van der Waals surface area contributed by atoms with Crippen LogP contribution in [0.1, 0.15) is 33.1 Å². The van der Waals surface area contributed by atoms with Crippen molar-refractivity contribution in [2.45, 2.75) is 45.2 Å². The lowest BCUT2D eigenvalue weighted by Gasteiger charge is -2.38. The van der Waals surface area contributed by atoms with Crippen LogP contribution in [0.3, 0.4) is 0 Å². The topological polar surface area (TPSA) is 105 Å². The molecule has 0 unspecified atom stereocenters. The molecule has 0 aliphatic carbocycles. The van der Waals surface area contributed by atoms with Gasteiger partial charge in [0.2, 0.25) is 0 Å². The van der Waals surface area contributed by atoms with Crippen LogP contribution >= 0.6 is 0 Å². The van der Waals surface area contributed by atoms with Gasteiger partial charge >= 0.3 is 17.8 Å². The van der Waals surface area contributed by atoms with Crippen LogP contribution in [0.25, 0.3) is 0 Å². The van der Waals surface area contributed by atoms with Gasteiger partial charge in [-0.2, -0.15) is 0 Å². The Morgan fingerprint density at radius 2 is 1.48 bits per heavy atom. The predicted molar refractivity (Wildman–Crippen MR) is 87.9 cm³/mol. The normalized spacial score (nSPS) is 20.7. The molecule has 23 heavy (non-hydrogen) atoms. The lowest BCUT2D eigenvalue weighted by Crippen LogP contribution is -2.51. The first-order valence-corrected chi connectivity index (χ1v) is 7.68. The number of piperidine rings is 1. The van der Waals surface area contributed by atoms with Crippen LogP contribution < -0.4 is 16.4 Å². The summed E-state index contributed by atoms with van der Waals surface area (Å²) in [5.74, 6) is -1.16. The number of hydrogen-bond donors (Lipinski definition) is 3. The van der Waals surface area contributed by atoms with Crippen molar-refractivity contribution < 1.29 is 14.4 Å². The molecular weight excluding hydrogens is 296 g/mol. The monoisotopic (exact) mass is 318 g/mol. The van der Waals surface area contributed by atoms with Crippen molar-refractivity contribution in [3.63, 3.8) is 0 Å². The highest BCUT2D eigenvalue weighted by atomic mass is 16.2. The number of benzene rings is 1. The van der Waals surface area contributed by atoms with Crippen LogP contribution in [-0.4, -0.2) is 34.8 Å². The summed E-state index contributed by atoms with van der Waals surface area (Å²) in [5, 5.41) is 5.01. The molecule has 4 N–H and O–H groups in total. The molecule has 1 aromatic carbocycles. The summed E-state index contributed by atoms with van der Waals surface area (Å²) in [4.78, 5) is 37.0. The molecule has 1 aromatic rings. The van der Waals surface area contributed by atoms with Crippen LogP contribution in [-0.2, 0) is 9.59 Å². The molecule has 1 heterocycles. The third-order valence-corrected chi connectivity index (χ3v) is 4.03. The van der Waals surface area contributed by atoms with E-state index in [1.807, 2.05) is 13.8 Å². The molecule has 0 bridgehead atoms. The fourth-order valence-electron chi connectivity index (χ4n) is 2.90. The highest BCUT2D eigenvalue weighted by Crippen LogP contribution is 2.23. The number of likely N-dealkylation sites (tertiary alicyclic amines) is 1. The van der Waals surface area contributed by atoms with Gasteiger partial charge < -0.3 is 21.3 Å². The number of carbonyl (C=O) groups is 3. The molecule has 7 nitrogen and oxygen atoms in total. The standard InChI is InChI=1S/C16H22N4O3/c1-10-4-3-5-11(2)20(10)15(22)14(21)18-12-6-8-13(9-7-12)19-16(17)23/h6-11H,3-5H2,1-2H3,(H,18,21)(H3,17,19,23)/t10-,11-/m0/s1. The van der Waals surface area contributed by atoms with Gasteiger partial charge in [-0.1, -0.05) is 0 Å². The van der Waals surface area contributed by atoms with E-state index in [1.165, 1.54) is 0 Å². The Balaban J connectivity index is 2.00. The number of nitrogens with zero attached hydrogens (tertiary/aromatic N) is 1. The van der Waals surface area contributed by atoms with E-state index < -0.39 is 17.8 Å². The van der Waals surface area contributed by atoms with Gasteiger partial charge in [0.25, 0.3) is 0 Å². The minimum absolute atomic E-state index is 0.0687. The number of anilines is 2. The van der Waals surface area contributed by atoms with Crippen molar-refractivity contribution >= 4 is 29.2 Å². The summed E-state index contributed by atoms with van der Waals surface area (Å²) in [6.07, 6.45) is 2.90. The maximum atomic E-state index is 12.4. The summed E-state index contributed by atoms with van der Waals surface area (Å²) in [5.41, 5.74) is 6.02. The van der Waals surface area contributed by atoms with Crippen LogP contribution in [0, 0.1) is 0 Å². The van der Waals surface area contributed by atoms with Gasteiger partial charge in [0.15, 0.2) is 0 Å². The fourth-order valence-corrected chi connectivity index (χ4v) is 2.90. The van der Waals surface area contributed by atoms with Crippen molar-refractivity contribution in [1.82, 2.24) is 4.90 Å². The third kappa shape index (κ3) is 4.21. The minimum atomic E-state index is -0.662. The molecule has 124 valence electrons. The van der Waals surface area contributed by atoms with Gasteiger partial charge in [0, 0.05) is 23.5 Å². The number of urea groups is 1. The van der Waals surface area contributed by atoms with Crippen LogP contribution in [0.5, 0.6) is 0 Å². The molecule has 0 spiro atoms. The van der Waals surface area contributed by atoms with Crippen molar-refractivity contribution in [2.75, 3.05) is 10.6 Å². The quantitative estimate of drug-likeness (QED) is 0.725. The summed E-state index contributed by atoms with van der Waals surface area (Å²) in [6.45, 7) is 3.93. The van der Waals surface area contributed by atoms with Gasteiger partial charge in [0.05, 0.1) is 0 Å². The molecular formula is C16H22N4O3. The summed E-state index contributed by atoms with van der Waals surface area (Å²) in [6, 6.07) is 5.86. The molecule has 1 saturated heterocycles. The molecule has 2 rings (SSSR count). The highest BCUT2D eigenvalue weighted by Gasteiger charge is 2.32. The van der Waals surface area contributed by atoms with E-state index in [9.17, 15) is 14.4 Å². The number of nitrogens with two attached hydrogens (primary N) is 1. The Kier molecular flexibility index (Phi) is 5.20. The van der Waals surface area contributed by atoms with Gasteiger partial charge in [-0.25, -0.2) is 4.79 Å². The zero-order chi connectivity index (χ0) is 17.0. The Morgan fingerprint density at radius 1 is 1.00 bits per heavy atom. The highest BCUT2D eigenvalue weighted by molar-refractivity contribution is 6.39. The first kappa shape index (κ1) is 16.8. The number of primary amides is 1. The summed E-state index contributed by atoms with van der Waals surface area (Å²) < 4.78 is 0. The molecule has 4 amide bonds. The molecule has 1 aliphatic heterocycles. The molecule has 1 aliphatic rings. The molecule has 1 fully saturated rings. The average molecular weight is 318 g/mol. The first-order chi connectivity index (χ1) is 10.9. The van der Waals surface area contributed by atoms with Crippen molar-refractivity contribution in [1.29, 1.82) is 0 Å². The van der Waals surface area contributed by atoms with Gasteiger partial charge in [0.1, 0.15) is 0 Å². The first-order valence-electron chi connectivity index (χ1n) is 7.68. The second-order valence-corrected chi connectivity index (χ2v) is 5.86. The number of amides is 4. The predicted octanol–water partition coefficient (Wildman–Crippen LogP) is 1.91. The van der Waals surface area contributed by atoms with E-state index in [0.29, 0.717) is 11.4 Å². The zero-order valence-corrected chi connectivity index (χ0v) is 13.3. The lowest BCUT2D eigenvalue weighted by atomic mass is 9.97. The SMILES string of the molecule is C[C@H]1CCC[C@H](C)N1C(=O)C(=O)Nc1ccc(NC(N)=O)cc1. The maximum absolute atomic E-state index is 12.4. The van der Waals surface area contributed by atoms with Gasteiger partial charge in [-0.3, -0.25) is 9.59 Å². The fraction of sp³-hybridized carbons (Fsp3) is 0.438. The van der Waals surface area contributed by atoms with Crippen molar-refractivity contribution in [3.8, 4) is 0 Å². The van der Waals surface area contributed by atoms with E-state index in [2.05, 4.69) is 10.6 Å². The number of carbonyl (C=O) groups excluding carboxylic acids is 3. The molecule has 2 atom stereocenters. The third-order valence-electron chi connectivity index (χ3n) is 4.03. The Bertz CT molecular complexity index is 590. The zero-order valence-electron chi connectivity index (χ0n) is 13.3. The van der Waals surface area contributed by atoms with Gasteiger partial charge in [-0.05, 0) is 57.4 Å².